The number of aromatic nitrogens is 4. The first-order valence-electron chi connectivity index (χ1n) is 16.8. The van der Waals surface area contributed by atoms with Gasteiger partial charge in [-0.05, 0) is 98.6 Å². The number of nitrogens with zero attached hydrogens (tertiary/aromatic N) is 6. The van der Waals surface area contributed by atoms with Gasteiger partial charge in [-0.15, -0.1) is 0 Å². The molecule has 0 bridgehead atoms. The normalized spacial score (nSPS) is 13.2. The predicted molar refractivity (Wildman–Crippen MR) is 201 cm³/mol. The molecular formula is C39H52N6O6. The second kappa shape index (κ2) is 17.2. The molecule has 0 N–H and O–H groups in total. The molecule has 0 aliphatic carbocycles. The van der Waals surface area contributed by atoms with Gasteiger partial charge in [-0.3, -0.25) is 9.59 Å². The molecule has 51 heavy (non-hydrogen) atoms. The second-order valence-corrected chi connectivity index (χ2v) is 14.8. The number of fused-ring (bicyclic) bond motifs is 1. The van der Waals surface area contributed by atoms with E-state index in [1.807, 2.05) is 95.6 Å². The van der Waals surface area contributed by atoms with E-state index in [4.69, 9.17) is 19.4 Å². The minimum atomic E-state index is -0.829. The lowest BCUT2D eigenvalue weighted by Gasteiger charge is -2.28. The number of hydrogen-bond donors (Lipinski definition) is 0. The first-order chi connectivity index (χ1) is 23.9. The number of carbonyl (C=O) groups is 3. The van der Waals surface area contributed by atoms with Gasteiger partial charge in [0.2, 0.25) is 6.41 Å². The van der Waals surface area contributed by atoms with Gasteiger partial charge in [0.25, 0.3) is 6.47 Å². The number of hydrogen-bond acceptors (Lipinski definition) is 10. The van der Waals surface area contributed by atoms with Gasteiger partial charge in [-0.25, -0.2) is 19.7 Å². The summed E-state index contributed by atoms with van der Waals surface area (Å²) in [6.45, 7) is 18.8. The maximum atomic E-state index is 12.9. The molecule has 3 heterocycles. The second-order valence-electron chi connectivity index (χ2n) is 14.8. The molecule has 0 saturated heterocycles. The summed E-state index contributed by atoms with van der Waals surface area (Å²) in [6.07, 6.45) is 4.09. The number of methoxy groups -OCH3 is 1. The quantitative estimate of drug-likeness (QED) is 0.185. The largest absolute Gasteiger partial charge is 0.462 e. The molecule has 0 spiro atoms. The lowest BCUT2D eigenvalue weighted by molar-refractivity contribution is -0.138. The van der Waals surface area contributed by atoms with Crippen LogP contribution in [0.1, 0.15) is 74.4 Å². The summed E-state index contributed by atoms with van der Waals surface area (Å²) in [6, 6.07) is 18.0. The van der Waals surface area contributed by atoms with Crippen molar-refractivity contribution in [2.24, 2.45) is 7.05 Å². The molecule has 274 valence electrons. The molecule has 2 aromatic carbocycles. The number of benzene rings is 2. The van der Waals surface area contributed by atoms with Crippen LogP contribution in [-0.4, -0.2) is 75.5 Å². The van der Waals surface area contributed by atoms with E-state index < -0.39 is 11.7 Å². The summed E-state index contributed by atoms with van der Waals surface area (Å²) in [4.78, 5) is 52.1. The zero-order valence-corrected chi connectivity index (χ0v) is 31.8. The predicted octanol–water partition coefficient (Wildman–Crippen LogP) is 7.61. The molecule has 4 aromatic rings. The Balaban J connectivity index is 0.000000461. The van der Waals surface area contributed by atoms with Crippen molar-refractivity contribution in [2.45, 2.75) is 85.5 Å². The van der Waals surface area contributed by atoms with E-state index in [2.05, 4.69) is 32.8 Å². The van der Waals surface area contributed by atoms with Crippen molar-refractivity contribution in [3.63, 3.8) is 0 Å². The SMILES string of the molecule is CC(C)(C)OC=O.COC(C)(C)C.Cn1c(-c2nc(C3=CCN(c4ccccc4)CC3)cnc2N(C=O)C(=O)OC(C)(C)C)nc2ccccc21. The summed E-state index contributed by atoms with van der Waals surface area (Å²) < 4.78 is 16.8. The lowest BCUT2D eigenvalue weighted by Crippen LogP contribution is -2.37. The zero-order chi connectivity index (χ0) is 38.0. The molecule has 1 aliphatic rings. The minimum Gasteiger partial charge on any atom is -0.462 e. The summed E-state index contributed by atoms with van der Waals surface area (Å²) in [5.74, 6) is 0.562. The van der Waals surface area contributed by atoms with Crippen LogP contribution in [0.25, 0.3) is 28.1 Å². The molecule has 0 radical (unpaired) electrons. The van der Waals surface area contributed by atoms with Crippen LogP contribution in [0.3, 0.4) is 0 Å². The van der Waals surface area contributed by atoms with Crippen LogP contribution in [0.15, 0.2) is 66.9 Å². The molecule has 5 rings (SSSR count). The lowest BCUT2D eigenvalue weighted by atomic mass is 10.0. The average Bonchev–Trinajstić information content (AvgIpc) is 3.40. The van der Waals surface area contributed by atoms with E-state index in [-0.39, 0.29) is 17.0 Å². The van der Waals surface area contributed by atoms with Crippen LogP contribution in [0.2, 0.25) is 0 Å². The standard InChI is InChI=1S/C29H30N6O3.C5H10O2.C5H12O/c1-29(2,3)38-28(37)35(19-36)26-25(27-32-22-12-8-9-13-24(22)33(27)4)31-23(18-30-26)20-14-16-34(17-15-20)21-10-6-5-7-11-21;1-5(2,3)7-4-6;1-5(2,3)6-4/h5-14,18-19H,15-17H2,1-4H3;4H,1-3H3;1-4H3. The smallest absolute Gasteiger partial charge is 0.422 e. The van der Waals surface area contributed by atoms with E-state index in [0.717, 1.165) is 41.0 Å². The van der Waals surface area contributed by atoms with Crippen LogP contribution in [0, 0.1) is 0 Å². The van der Waals surface area contributed by atoms with Crippen molar-refractivity contribution >= 4 is 47.1 Å². The Labute approximate surface area is 301 Å². The van der Waals surface area contributed by atoms with Crippen molar-refractivity contribution in [3.8, 4) is 11.5 Å². The summed E-state index contributed by atoms with van der Waals surface area (Å²) in [5.41, 5.74) is 3.82. The van der Waals surface area contributed by atoms with Crippen LogP contribution in [0.4, 0.5) is 16.3 Å². The number of anilines is 2. The molecule has 0 atom stereocenters. The molecule has 0 unspecified atom stereocenters. The van der Waals surface area contributed by atoms with E-state index >= 15 is 0 Å². The van der Waals surface area contributed by atoms with Gasteiger partial charge in [0.05, 0.1) is 28.5 Å². The summed E-state index contributed by atoms with van der Waals surface area (Å²) in [7, 11) is 3.58. The fourth-order valence-corrected chi connectivity index (χ4v) is 4.63. The number of para-hydroxylation sites is 3. The van der Waals surface area contributed by atoms with Crippen molar-refractivity contribution in [2.75, 3.05) is 30.0 Å². The third kappa shape index (κ3) is 12.0. The van der Waals surface area contributed by atoms with Crippen LogP contribution in [0.5, 0.6) is 0 Å². The molecule has 2 aromatic heterocycles. The Morgan fingerprint density at radius 1 is 0.863 bits per heavy atom. The fourth-order valence-electron chi connectivity index (χ4n) is 4.63. The Hall–Kier alpha value is -5.10. The number of amides is 2. The summed E-state index contributed by atoms with van der Waals surface area (Å²) >= 11 is 0. The van der Waals surface area contributed by atoms with Crippen molar-refractivity contribution < 1.29 is 28.6 Å². The maximum absolute atomic E-state index is 12.9. The highest BCUT2D eigenvalue weighted by atomic mass is 16.6. The van der Waals surface area contributed by atoms with E-state index in [1.54, 1.807) is 34.1 Å². The number of carbonyl (C=O) groups excluding carboxylic acids is 3. The van der Waals surface area contributed by atoms with Gasteiger partial charge in [-0.2, -0.15) is 4.90 Å². The number of aryl methyl sites for hydroxylation is 1. The molecule has 1 aliphatic heterocycles. The number of rotatable bonds is 6. The van der Waals surface area contributed by atoms with Crippen molar-refractivity contribution in [3.05, 3.63) is 72.6 Å². The Morgan fingerprint density at radius 3 is 1.98 bits per heavy atom. The van der Waals surface area contributed by atoms with Crippen LogP contribution < -0.4 is 9.80 Å². The van der Waals surface area contributed by atoms with E-state index in [1.165, 1.54) is 5.69 Å². The van der Waals surface area contributed by atoms with Crippen LogP contribution >= 0.6 is 0 Å². The molecule has 2 amide bonds. The zero-order valence-electron chi connectivity index (χ0n) is 31.8. The monoisotopic (exact) mass is 700 g/mol. The third-order valence-corrected chi connectivity index (χ3v) is 7.35. The topological polar surface area (TPSA) is 129 Å². The van der Waals surface area contributed by atoms with Gasteiger partial charge in [0.15, 0.2) is 11.6 Å². The number of imide groups is 1. The first kappa shape index (κ1) is 40.3. The maximum Gasteiger partial charge on any atom is 0.422 e. The van der Waals surface area contributed by atoms with E-state index in [0.29, 0.717) is 30.1 Å². The van der Waals surface area contributed by atoms with Crippen molar-refractivity contribution in [1.82, 2.24) is 19.5 Å². The van der Waals surface area contributed by atoms with Gasteiger partial charge >= 0.3 is 6.09 Å². The molecular weight excluding hydrogens is 648 g/mol. The van der Waals surface area contributed by atoms with Gasteiger partial charge in [0.1, 0.15) is 16.9 Å². The Morgan fingerprint density at radius 2 is 1.49 bits per heavy atom. The van der Waals surface area contributed by atoms with E-state index in [9.17, 15) is 14.4 Å². The highest BCUT2D eigenvalue weighted by Crippen LogP contribution is 2.32. The molecule has 12 heteroatoms. The van der Waals surface area contributed by atoms with Gasteiger partial charge in [-0.1, -0.05) is 36.4 Å². The number of ether oxygens (including phenoxy) is 3. The Bertz CT molecular complexity index is 1800. The Kier molecular flexibility index (Phi) is 13.6. The summed E-state index contributed by atoms with van der Waals surface area (Å²) in [5, 5.41) is 0. The molecule has 0 saturated carbocycles. The highest BCUT2D eigenvalue weighted by molar-refractivity contribution is 6.05. The number of imidazole rings is 1. The minimum absolute atomic E-state index is 0.0417. The van der Waals surface area contributed by atoms with Crippen LogP contribution in [-0.2, 0) is 30.8 Å². The van der Waals surface area contributed by atoms with Crippen molar-refractivity contribution in [1.29, 1.82) is 0 Å². The average molecular weight is 701 g/mol. The highest BCUT2D eigenvalue weighted by Gasteiger charge is 2.29. The third-order valence-electron chi connectivity index (χ3n) is 7.35. The first-order valence-corrected chi connectivity index (χ1v) is 16.8. The fraction of sp³-hybridized carbons (Fsp3) is 0.436. The molecule has 0 fully saturated rings. The van der Waals surface area contributed by atoms with Gasteiger partial charge < -0.3 is 23.7 Å². The molecule has 12 nitrogen and oxygen atoms in total. The van der Waals surface area contributed by atoms with Gasteiger partial charge in [0, 0.05) is 32.9 Å².